The first-order valence-electron chi connectivity index (χ1n) is 8.78. The maximum atomic E-state index is 12.5. The summed E-state index contributed by atoms with van der Waals surface area (Å²) < 4.78 is 1.74. The first kappa shape index (κ1) is 19.3. The van der Waals surface area contributed by atoms with E-state index in [1.54, 1.807) is 22.8 Å². The summed E-state index contributed by atoms with van der Waals surface area (Å²) in [7, 11) is 0. The van der Waals surface area contributed by atoms with E-state index in [9.17, 15) is 14.7 Å². The van der Waals surface area contributed by atoms with Crippen LogP contribution in [0, 0.1) is 6.92 Å². The standard InChI is InChI=1S/C21H16ClN3O3S/c1-12-14(13-6-2-5-9-17(13)25(12)11-19(26)27)10-18-20(28)24-21(29-18)23-16-8-4-3-7-15(16)22/h2-10H,11H2,1H3,(H,26,27)(H,23,24,28). The first-order valence-corrected chi connectivity index (χ1v) is 9.97. The van der Waals surface area contributed by atoms with Gasteiger partial charge in [0.1, 0.15) is 6.54 Å². The highest BCUT2D eigenvalue weighted by Crippen LogP contribution is 2.34. The molecule has 0 spiro atoms. The zero-order chi connectivity index (χ0) is 20.5. The molecule has 2 N–H and O–H groups in total. The number of aromatic nitrogens is 1. The van der Waals surface area contributed by atoms with Gasteiger partial charge in [-0.3, -0.25) is 9.59 Å². The number of benzene rings is 2. The molecule has 1 saturated heterocycles. The lowest BCUT2D eigenvalue weighted by Gasteiger charge is -2.04. The molecule has 3 aromatic rings. The van der Waals surface area contributed by atoms with Gasteiger partial charge in [-0.05, 0) is 43.0 Å². The van der Waals surface area contributed by atoms with Crippen LogP contribution in [0.3, 0.4) is 0 Å². The van der Waals surface area contributed by atoms with E-state index < -0.39 is 5.97 Å². The molecule has 0 saturated carbocycles. The third-order valence-electron chi connectivity index (χ3n) is 4.57. The van der Waals surface area contributed by atoms with Crippen LogP contribution in [-0.4, -0.2) is 26.7 Å². The van der Waals surface area contributed by atoms with Crippen molar-refractivity contribution in [2.24, 2.45) is 4.99 Å². The van der Waals surface area contributed by atoms with Crippen molar-refractivity contribution in [3.8, 4) is 0 Å². The second-order valence-electron chi connectivity index (χ2n) is 6.43. The van der Waals surface area contributed by atoms with Crippen LogP contribution in [0.4, 0.5) is 5.69 Å². The van der Waals surface area contributed by atoms with E-state index in [0.717, 1.165) is 22.2 Å². The number of hydrogen-bond donors (Lipinski definition) is 2. The number of aliphatic carboxylic acids is 1. The van der Waals surface area contributed by atoms with Gasteiger partial charge >= 0.3 is 5.97 Å². The molecule has 1 fully saturated rings. The number of nitrogens with one attached hydrogen (secondary N) is 1. The van der Waals surface area contributed by atoms with Gasteiger partial charge in [0, 0.05) is 22.2 Å². The third kappa shape index (κ3) is 3.79. The summed E-state index contributed by atoms with van der Waals surface area (Å²) in [4.78, 5) is 28.7. The number of nitrogens with zero attached hydrogens (tertiary/aromatic N) is 2. The summed E-state index contributed by atoms with van der Waals surface area (Å²) in [6, 6.07) is 14.7. The fraction of sp³-hybridized carbons (Fsp3) is 0.0952. The zero-order valence-corrected chi connectivity index (χ0v) is 16.9. The molecule has 146 valence electrons. The Labute approximate surface area is 175 Å². The highest BCUT2D eigenvalue weighted by atomic mass is 35.5. The molecule has 4 rings (SSSR count). The Bertz CT molecular complexity index is 1210. The van der Waals surface area contributed by atoms with Crippen molar-refractivity contribution >= 4 is 63.1 Å². The Hall–Kier alpha value is -3.03. The van der Waals surface area contributed by atoms with Crippen LogP contribution in [0.25, 0.3) is 17.0 Å². The largest absolute Gasteiger partial charge is 0.480 e. The number of amides is 1. The fourth-order valence-corrected chi connectivity index (χ4v) is 4.24. The van der Waals surface area contributed by atoms with Gasteiger partial charge in [0.25, 0.3) is 5.91 Å². The van der Waals surface area contributed by atoms with Gasteiger partial charge in [-0.1, -0.05) is 41.9 Å². The lowest BCUT2D eigenvalue weighted by molar-refractivity contribution is -0.137. The molecular formula is C21H16ClN3O3S. The summed E-state index contributed by atoms with van der Waals surface area (Å²) in [5.74, 6) is -1.18. The third-order valence-corrected chi connectivity index (χ3v) is 5.80. The molecule has 2 aromatic carbocycles. The number of rotatable bonds is 4. The van der Waals surface area contributed by atoms with Gasteiger partial charge in [-0.15, -0.1) is 0 Å². The first-order chi connectivity index (χ1) is 13.9. The molecule has 0 bridgehead atoms. The number of carbonyl (C=O) groups excluding carboxylic acids is 1. The molecule has 0 unspecified atom stereocenters. The Morgan fingerprint density at radius 3 is 2.72 bits per heavy atom. The van der Waals surface area contributed by atoms with Crippen molar-refractivity contribution in [1.82, 2.24) is 9.88 Å². The minimum atomic E-state index is -0.921. The maximum Gasteiger partial charge on any atom is 0.323 e. The summed E-state index contributed by atoms with van der Waals surface area (Å²) >= 11 is 7.37. The SMILES string of the molecule is Cc1c(C=C2SC(=Nc3ccccc3Cl)NC2=O)c2ccccc2n1CC(=O)O. The highest BCUT2D eigenvalue weighted by Gasteiger charge is 2.25. The summed E-state index contributed by atoms with van der Waals surface area (Å²) in [6.07, 6.45) is 1.78. The summed E-state index contributed by atoms with van der Waals surface area (Å²) in [6.45, 7) is 1.71. The van der Waals surface area contributed by atoms with Crippen molar-refractivity contribution in [3.63, 3.8) is 0 Å². The van der Waals surface area contributed by atoms with Crippen molar-refractivity contribution in [2.75, 3.05) is 0 Å². The molecule has 0 aliphatic carbocycles. The molecule has 1 aliphatic heterocycles. The van der Waals surface area contributed by atoms with Crippen LogP contribution in [0.5, 0.6) is 0 Å². The van der Waals surface area contributed by atoms with Crippen LogP contribution in [0.2, 0.25) is 5.02 Å². The van der Waals surface area contributed by atoms with Crippen LogP contribution in [0.1, 0.15) is 11.3 Å². The number of carboxylic acids is 1. The minimum absolute atomic E-state index is 0.145. The van der Waals surface area contributed by atoms with E-state index in [4.69, 9.17) is 11.6 Å². The van der Waals surface area contributed by atoms with Gasteiger partial charge in [0.2, 0.25) is 0 Å². The smallest absolute Gasteiger partial charge is 0.323 e. The molecule has 1 aliphatic rings. The zero-order valence-electron chi connectivity index (χ0n) is 15.3. The predicted octanol–water partition coefficient (Wildman–Crippen LogP) is 4.58. The Kier molecular flexibility index (Phi) is 5.17. The topological polar surface area (TPSA) is 83.7 Å². The van der Waals surface area contributed by atoms with E-state index in [1.165, 1.54) is 11.8 Å². The average Bonchev–Trinajstić information content (AvgIpc) is 3.16. The number of carboxylic acid groups (broad SMARTS) is 1. The summed E-state index contributed by atoms with van der Waals surface area (Å²) in [5, 5.41) is 13.8. The molecule has 0 atom stereocenters. The van der Waals surface area contributed by atoms with Gasteiger partial charge in [0.15, 0.2) is 5.17 Å². The van der Waals surface area contributed by atoms with E-state index in [2.05, 4.69) is 10.3 Å². The Balaban J connectivity index is 1.74. The monoisotopic (exact) mass is 425 g/mol. The van der Waals surface area contributed by atoms with Crippen LogP contribution in [-0.2, 0) is 16.1 Å². The van der Waals surface area contributed by atoms with E-state index in [0.29, 0.717) is 20.8 Å². The quantitative estimate of drug-likeness (QED) is 0.599. The van der Waals surface area contributed by atoms with E-state index >= 15 is 0 Å². The lowest BCUT2D eigenvalue weighted by atomic mass is 10.1. The number of para-hydroxylation sites is 2. The average molecular weight is 426 g/mol. The molecule has 0 radical (unpaired) electrons. The lowest BCUT2D eigenvalue weighted by Crippen LogP contribution is -2.19. The highest BCUT2D eigenvalue weighted by molar-refractivity contribution is 8.18. The predicted molar refractivity (Wildman–Crippen MR) is 117 cm³/mol. The number of thioether (sulfide) groups is 1. The number of halogens is 1. The van der Waals surface area contributed by atoms with Crippen LogP contribution >= 0.6 is 23.4 Å². The van der Waals surface area contributed by atoms with Crippen molar-refractivity contribution in [2.45, 2.75) is 13.5 Å². The number of hydrogen-bond acceptors (Lipinski definition) is 4. The molecule has 1 aromatic heterocycles. The van der Waals surface area contributed by atoms with Gasteiger partial charge < -0.3 is 15.0 Å². The normalized spacial score (nSPS) is 16.7. The van der Waals surface area contributed by atoms with Crippen molar-refractivity contribution < 1.29 is 14.7 Å². The molecule has 8 heteroatoms. The minimum Gasteiger partial charge on any atom is -0.480 e. The number of fused-ring (bicyclic) bond motifs is 1. The van der Waals surface area contributed by atoms with Gasteiger partial charge in [0.05, 0.1) is 15.6 Å². The number of aliphatic imine (C=N–C) groups is 1. The summed E-state index contributed by atoms with van der Waals surface area (Å²) in [5.41, 5.74) is 2.99. The maximum absolute atomic E-state index is 12.5. The van der Waals surface area contributed by atoms with Crippen LogP contribution in [0.15, 0.2) is 58.4 Å². The van der Waals surface area contributed by atoms with Gasteiger partial charge in [-0.25, -0.2) is 4.99 Å². The molecular weight excluding hydrogens is 410 g/mol. The van der Waals surface area contributed by atoms with Crippen molar-refractivity contribution in [3.05, 3.63) is 69.7 Å². The molecule has 6 nitrogen and oxygen atoms in total. The second kappa shape index (κ2) is 7.77. The number of amidine groups is 1. The fourth-order valence-electron chi connectivity index (χ4n) is 3.24. The molecule has 29 heavy (non-hydrogen) atoms. The Morgan fingerprint density at radius 1 is 1.24 bits per heavy atom. The van der Waals surface area contributed by atoms with E-state index in [-0.39, 0.29) is 12.5 Å². The van der Waals surface area contributed by atoms with Crippen LogP contribution < -0.4 is 5.32 Å². The van der Waals surface area contributed by atoms with Gasteiger partial charge in [-0.2, -0.15) is 0 Å². The molecule has 1 amide bonds. The van der Waals surface area contributed by atoms with Crippen molar-refractivity contribution in [1.29, 1.82) is 0 Å². The van der Waals surface area contributed by atoms with E-state index in [1.807, 2.05) is 43.3 Å². The second-order valence-corrected chi connectivity index (χ2v) is 7.87. The number of carbonyl (C=O) groups is 2. The Morgan fingerprint density at radius 2 is 1.97 bits per heavy atom. The molecule has 2 heterocycles.